The number of azo groups is 1. The fourth-order valence-electron chi connectivity index (χ4n) is 2.79. The van der Waals surface area contributed by atoms with Crippen LogP contribution in [0, 0.1) is 39.7 Å². The number of nitro groups is 1. The van der Waals surface area contributed by atoms with E-state index in [1.807, 2.05) is 24.0 Å². The summed E-state index contributed by atoms with van der Waals surface area (Å²) in [6.07, 6.45) is 0.244. The van der Waals surface area contributed by atoms with Crippen LogP contribution in [0.5, 0.6) is 0 Å². The Morgan fingerprint density at radius 3 is 2.58 bits per heavy atom. The van der Waals surface area contributed by atoms with Crippen molar-refractivity contribution in [2.75, 3.05) is 24.6 Å². The zero-order valence-electron chi connectivity index (χ0n) is 17.1. The van der Waals surface area contributed by atoms with Crippen molar-refractivity contribution in [2.24, 2.45) is 10.2 Å². The molecule has 0 fully saturated rings. The van der Waals surface area contributed by atoms with Gasteiger partial charge in [-0.1, -0.05) is 12.1 Å². The predicted molar refractivity (Wildman–Crippen MR) is 112 cm³/mol. The number of carbonyl (C=O) groups is 1. The highest BCUT2D eigenvalue weighted by atomic mass is 16.6. The highest BCUT2D eigenvalue weighted by molar-refractivity contribution is 5.69. The van der Waals surface area contributed by atoms with E-state index < -0.39 is 10.9 Å². The molecule has 2 rings (SSSR count). The lowest BCUT2D eigenvalue weighted by atomic mass is 10.1. The average Bonchev–Trinajstić information content (AvgIpc) is 2.74. The minimum Gasteiger partial charge on any atom is -0.464 e. The second-order valence-electron chi connectivity index (χ2n) is 6.47. The van der Waals surface area contributed by atoms with Crippen LogP contribution in [0.25, 0.3) is 0 Å². The Balaban J connectivity index is 2.43. The first-order chi connectivity index (χ1) is 14.9. The molecular formula is C21H20N6O4. The number of anilines is 1. The van der Waals surface area contributed by atoms with Gasteiger partial charge in [0.2, 0.25) is 0 Å². The van der Waals surface area contributed by atoms with Crippen molar-refractivity contribution in [3.63, 3.8) is 0 Å². The molecule has 0 bridgehead atoms. The van der Waals surface area contributed by atoms with Crippen molar-refractivity contribution in [2.45, 2.75) is 20.3 Å². The zero-order chi connectivity index (χ0) is 22.8. The van der Waals surface area contributed by atoms with E-state index in [1.54, 1.807) is 12.1 Å². The molecule has 0 heterocycles. The normalized spacial score (nSPS) is 10.3. The van der Waals surface area contributed by atoms with Gasteiger partial charge in [-0.05, 0) is 30.7 Å². The van der Waals surface area contributed by atoms with E-state index in [4.69, 9.17) is 10.00 Å². The third-order valence-corrected chi connectivity index (χ3v) is 4.23. The second-order valence-corrected chi connectivity index (χ2v) is 6.47. The van der Waals surface area contributed by atoms with Crippen molar-refractivity contribution in [1.29, 1.82) is 10.5 Å². The number of ether oxygens (including phenoxy) is 1. The molecule has 0 aliphatic heterocycles. The monoisotopic (exact) mass is 420 g/mol. The summed E-state index contributed by atoms with van der Waals surface area (Å²) < 4.78 is 5.02. The van der Waals surface area contributed by atoms with Gasteiger partial charge in [-0.25, -0.2) is 0 Å². The van der Waals surface area contributed by atoms with Gasteiger partial charge in [0.05, 0.1) is 29.6 Å². The number of aryl methyl sites for hydroxylation is 1. The minimum absolute atomic E-state index is 0.0757. The number of benzene rings is 2. The van der Waals surface area contributed by atoms with E-state index in [2.05, 4.69) is 16.3 Å². The topological polar surface area (TPSA) is 145 Å². The van der Waals surface area contributed by atoms with Crippen molar-refractivity contribution < 1.29 is 14.5 Å². The van der Waals surface area contributed by atoms with Crippen LogP contribution in [0.3, 0.4) is 0 Å². The molecule has 0 saturated heterocycles. The van der Waals surface area contributed by atoms with Crippen LogP contribution in [0.15, 0.2) is 46.6 Å². The number of nitrogens with zero attached hydrogens (tertiary/aromatic N) is 6. The van der Waals surface area contributed by atoms with E-state index in [1.165, 1.54) is 25.1 Å². The predicted octanol–water partition coefficient (Wildman–Crippen LogP) is 4.47. The first-order valence-electron chi connectivity index (χ1n) is 9.32. The van der Waals surface area contributed by atoms with Gasteiger partial charge in [0.1, 0.15) is 24.1 Å². The Kier molecular flexibility index (Phi) is 8.17. The summed E-state index contributed by atoms with van der Waals surface area (Å²) in [6.45, 7) is 4.07. The number of rotatable bonds is 9. The van der Waals surface area contributed by atoms with Crippen LogP contribution < -0.4 is 4.90 Å². The fourth-order valence-corrected chi connectivity index (χ4v) is 2.79. The largest absolute Gasteiger partial charge is 0.464 e. The Labute approximate surface area is 179 Å². The molecule has 0 aliphatic rings. The van der Waals surface area contributed by atoms with Crippen molar-refractivity contribution in [1.82, 2.24) is 0 Å². The average molecular weight is 420 g/mol. The third kappa shape index (κ3) is 6.34. The zero-order valence-corrected chi connectivity index (χ0v) is 17.1. The van der Waals surface area contributed by atoms with Gasteiger partial charge >= 0.3 is 5.97 Å². The number of esters is 1. The number of carbonyl (C=O) groups excluding carboxylic acids is 1. The Morgan fingerprint density at radius 1 is 1.19 bits per heavy atom. The highest BCUT2D eigenvalue weighted by Crippen LogP contribution is 2.33. The van der Waals surface area contributed by atoms with Gasteiger partial charge in [0.15, 0.2) is 5.56 Å². The molecule has 31 heavy (non-hydrogen) atoms. The third-order valence-electron chi connectivity index (χ3n) is 4.23. The molecule has 2 aromatic rings. The standard InChI is InChI=1S/C21H20N6O4/c1-15-7-8-19(21(13-15)26(10-4-9-22)11-12-31-16(2)28)25-24-18-5-3-6-20(27(29)30)17(18)14-23/h3,5-8,13H,4,10-12H2,1-2H3. The molecule has 10 heteroatoms. The van der Waals surface area contributed by atoms with E-state index in [0.717, 1.165) is 5.56 Å². The first kappa shape index (κ1) is 23.0. The summed E-state index contributed by atoms with van der Waals surface area (Å²) in [7, 11) is 0. The summed E-state index contributed by atoms with van der Waals surface area (Å²) in [5, 5.41) is 37.8. The van der Waals surface area contributed by atoms with Crippen molar-refractivity contribution in [3.8, 4) is 12.1 Å². The van der Waals surface area contributed by atoms with Crippen LogP contribution in [0.1, 0.15) is 24.5 Å². The summed E-state index contributed by atoms with van der Waals surface area (Å²) in [5.74, 6) is -0.404. The van der Waals surface area contributed by atoms with Gasteiger partial charge in [0, 0.05) is 19.5 Å². The van der Waals surface area contributed by atoms with Crippen LogP contribution >= 0.6 is 0 Å². The second kappa shape index (κ2) is 11.0. The van der Waals surface area contributed by atoms with Gasteiger partial charge in [-0.2, -0.15) is 10.5 Å². The summed E-state index contributed by atoms with van der Waals surface area (Å²) >= 11 is 0. The molecule has 0 spiro atoms. The van der Waals surface area contributed by atoms with E-state index in [0.29, 0.717) is 24.5 Å². The SMILES string of the molecule is CC(=O)OCCN(CCC#N)c1cc(C)ccc1N=Nc1cccc([N+](=O)[O-])c1C#N. The molecule has 158 valence electrons. The molecule has 0 radical (unpaired) electrons. The smallest absolute Gasteiger partial charge is 0.302 e. The van der Waals surface area contributed by atoms with Crippen LogP contribution in [-0.2, 0) is 9.53 Å². The molecule has 0 saturated carbocycles. The molecule has 0 N–H and O–H groups in total. The number of nitriles is 2. The molecule has 10 nitrogen and oxygen atoms in total. The maximum absolute atomic E-state index is 11.2. The van der Waals surface area contributed by atoms with E-state index >= 15 is 0 Å². The molecule has 0 amide bonds. The quantitative estimate of drug-likeness (QED) is 0.252. The highest BCUT2D eigenvalue weighted by Gasteiger charge is 2.18. The fraction of sp³-hybridized carbons (Fsp3) is 0.286. The molecular weight excluding hydrogens is 400 g/mol. The van der Waals surface area contributed by atoms with Crippen LogP contribution in [0.4, 0.5) is 22.7 Å². The van der Waals surface area contributed by atoms with Crippen LogP contribution in [-0.4, -0.2) is 30.6 Å². The molecule has 0 atom stereocenters. The molecule has 2 aromatic carbocycles. The first-order valence-corrected chi connectivity index (χ1v) is 9.32. The molecule has 0 aromatic heterocycles. The number of hydrogen-bond donors (Lipinski definition) is 0. The maximum atomic E-state index is 11.2. The lowest BCUT2D eigenvalue weighted by molar-refractivity contribution is -0.385. The van der Waals surface area contributed by atoms with E-state index in [-0.39, 0.29) is 30.0 Å². The van der Waals surface area contributed by atoms with Gasteiger partial charge in [-0.15, -0.1) is 10.2 Å². The molecule has 0 aliphatic carbocycles. The number of hydrogen-bond acceptors (Lipinski definition) is 9. The summed E-state index contributed by atoms with van der Waals surface area (Å²) in [6, 6.07) is 13.4. The molecule has 0 unspecified atom stereocenters. The van der Waals surface area contributed by atoms with Crippen molar-refractivity contribution in [3.05, 3.63) is 57.6 Å². The van der Waals surface area contributed by atoms with Gasteiger partial charge in [0.25, 0.3) is 5.69 Å². The Hall–Kier alpha value is -4.31. The van der Waals surface area contributed by atoms with Crippen LogP contribution in [0.2, 0.25) is 0 Å². The lowest BCUT2D eigenvalue weighted by Crippen LogP contribution is -2.29. The van der Waals surface area contributed by atoms with Gasteiger partial charge in [-0.3, -0.25) is 14.9 Å². The van der Waals surface area contributed by atoms with E-state index in [9.17, 15) is 20.2 Å². The minimum atomic E-state index is -0.645. The Morgan fingerprint density at radius 2 is 1.94 bits per heavy atom. The summed E-state index contributed by atoms with van der Waals surface area (Å²) in [4.78, 5) is 23.4. The maximum Gasteiger partial charge on any atom is 0.302 e. The van der Waals surface area contributed by atoms with Crippen molar-refractivity contribution >= 4 is 28.7 Å². The number of nitro benzene ring substituents is 1. The van der Waals surface area contributed by atoms with Gasteiger partial charge < -0.3 is 9.64 Å². The summed E-state index contributed by atoms with van der Waals surface area (Å²) in [5.41, 5.74) is 1.60. The lowest BCUT2D eigenvalue weighted by Gasteiger charge is -2.25. The Bertz CT molecular complexity index is 1080.